The first-order valence-electron chi connectivity index (χ1n) is 7.37. The summed E-state index contributed by atoms with van der Waals surface area (Å²) in [6.45, 7) is 5.05. The number of amides is 2. The number of hydrogen-bond acceptors (Lipinski definition) is 2. The third-order valence-electron chi connectivity index (χ3n) is 3.51. The standard InChI is InChI=1S/C16H27N3O/c1-5-6-7-11-19(4)16(20)18-15-10-8-9-14(12-15)13(2)17-3/h8-10,12-13,17H,5-7,11H2,1-4H3,(H,18,20). The van der Waals surface area contributed by atoms with E-state index in [0.717, 1.165) is 25.1 Å². The molecule has 0 aliphatic rings. The topological polar surface area (TPSA) is 44.4 Å². The van der Waals surface area contributed by atoms with E-state index in [1.54, 1.807) is 4.90 Å². The molecule has 0 radical (unpaired) electrons. The van der Waals surface area contributed by atoms with Gasteiger partial charge in [0.1, 0.15) is 0 Å². The Balaban J connectivity index is 2.57. The summed E-state index contributed by atoms with van der Waals surface area (Å²) in [7, 11) is 3.77. The average Bonchev–Trinajstić information content (AvgIpc) is 2.46. The van der Waals surface area contributed by atoms with Gasteiger partial charge in [0.2, 0.25) is 0 Å². The van der Waals surface area contributed by atoms with Gasteiger partial charge in [-0.1, -0.05) is 31.9 Å². The van der Waals surface area contributed by atoms with E-state index >= 15 is 0 Å². The summed E-state index contributed by atoms with van der Waals surface area (Å²) in [5.74, 6) is 0. The minimum Gasteiger partial charge on any atom is -0.328 e. The van der Waals surface area contributed by atoms with Crippen LogP contribution >= 0.6 is 0 Å². The zero-order valence-electron chi connectivity index (χ0n) is 13.1. The molecule has 4 nitrogen and oxygen atoms in total. The molecule has 0 aliphatic carbocycles. The SMILES string of the molecule is CCCCCN(C)C(=O)Nc1cccc(C(C)NC)c1. The van der Waals surface area contributed by atoms with Crippen molar-refractivity contribution >= 4 is 11.7 Å². The van der Waals surface area contributed by atoms with Crippen LogP contribution < -0.4 is 10.6 Å². The molecule has 2 amide bonds. The molecule has 1 aromatic carbocycles. The van der Waals surface area contributed by atoms with E-state index in [2.05, 4.69) is 30.5 Å². The van der Waals surface area contributed by atoms with Crippen molar-refractivity contribution in [3.63, 3.8) is 0 Å². The molecule has 1 rings (SSSR count). The number of benzene rings is 1. The number of carbonyl (C=O) groups excluding carboxylic acids is 1. The molecule has 1 unspecified atom stereocenters. The Morgan fingerprint density at radius 3 is 2.75 bits per heavy atom. The number of unbranched alkanes of at least 4 members (excludes halogenated alkanes) is 2. The van der Waals surface area contributed by atoms with E-state index < -0.39 is 0 Å². The second-order valence-corrected chi connectivity index (χ2v) is 5.19. The van der Waals surface area contributed by atoms with E-state index in [4.69, 9.17) is 0 Å². The molecule has 0 saturated carbocycles. The lowest BCUT2D eigenvalue weighted by Crippen LogP contribution is -2.32. The first-order chi connectivity index (χ1) is 9.58. The zero-order valence-corrected chi connectivity index (χ0v) is 13.1. The van der Waals surface area contributed by atoms with Crippen LogP contribution in [0.15, 0.2) is 24.3 Å². The first kappa shape index (κ1) is 16.5. The van der Waals surface area contributed by atoms with Crippen molar-refractivity contribution in [2.24, 2.45) is 0 Å². The van der Waals surface area contributed by atoms with Crippen LogP contribution in [0, 0.1) is 0 Å². The van der Waals surface area contributed by atoms with Crippen molar-refractivity contribution in [1.82, 2.24) is 10.2 Å². The molecule has 0 aromatic heterocycles. The summed E-state index contributed by atoms with van der Waals surface area (Å²) >= 11 is 0. The third-order valence-corrected chi connectivity index (χ3v) is 3.51. The Morgan fingerprint density at radius 2 is 2.10 bits per heavy atom. The maximum absolute atomic E-state index is 12.1. The summed E-state index contributed by atoms with van der Waals surface area (Å²) in [4.78, 5) is 13.8. The van der Waals surface area contributed by atoms with Crippen molar-refractivity contribution in [2.75, 3.05) is 26.0 Å². The molecule has 0 heterocycles. The fraction of sp³-hybridized carbons (Fsp3) is 0.562. The van der Waals surface area contributed by atoms with Crippen LogP contribution in [-0.2, 0) is 0 Å². The van der Waals surface area contributed by atoms with E-state index in [-0.39, 0.29) is 12.1 Å². The van der Waals surface area contributed by atoms with Gasteiger partial charge < -0.3 is 15.5 Å². The molecule has 0 fully saturated rings. The highest BCUT2D eigenvalue weighted by Crippen LogP contribution is 2.17. The lowest BCUT2D eigenvalue weighted by atomic mass is 10.1. The minimum absolute atomic E-state index is 0.0460. The highest BCUT2D eigenvalue weighted by molar-refractivity contribution is 5.89. The molecule has 0 aliphatic heterocycles. The van der Waals surface area contributed by atoms with Gasteiger partial charge in [0, 0.05) is 25.3 Å². The van der Waals surface area contributed by atoms with Gasteiger partial charge in [-0.05, 0) is 38.1 Å². The smallest absolute Gasteiger partial charge is 0.321 e. The minimum atomic E-state index is -0.0460. The van der Waals surface area contributed by atoms with Crippen LogP contribution in [0.1, 0.15) is 44.7 Å². The predicted octanol–water partition coefficient (Wildman–Crippen LogP) is 3.62. The Labute approximate surface area is 122 Å². The van der Waals surface area contributed by atoms with Crippen molar-refractivity contribution in [1.29, 1.82) is 0 Å². The van der Waals surface area contributed by atoms with Gasteiger partial charge in [0.15, 0.2) is 0 Å². The van der Waals surface area contributed by atoms with Crippen LogP contribution in [0.5, 0.6) is 0 Å². The predicted molar refractivity (Wildman–Crippen MR) is 85.1 cm³/mol. The van der Waals surface area contributed by atoms with Gasteiger partial charge in [-0.2, -0.15) is 0 Å². The molecule has 1 aromatic rings. The molecule has 0 saturated heterocycles. The van der Waals surface area contributed by atoms with Crippen LogP contribution in [0.25, 0.3) is 0 Å². The molecular weight excluding hydrogens is 250 g/mol. The average molecular weight is 277 g/mol. The van der Waals surface area contributed by atoms with Crippen LogP contribution in [-0.4, -0.2) is 31.6 Å². The second kappa shape index (κ2) is 8.59. The molecule has 20 heavy (non-hydrogen) atoms. The van der Waals surface area contributed by atoms with Crippen molar-refractivity contribution < 1.29 is 4.79 Å². The Kier molecular flexibility index (Phi) is 7.09. The highest BCUT2D eigenvalue weighted by atomic mass is 16.2. The number of nitrogens with one attached hydrogen (secondary N) is 2. The zero-order chi connectivity index (χ0) is 15.0. The highest BCUT2D eigenvalue weighted by Gasteiger charge is 2.09. The van der Waals surface area contributed by atoms with Gasteiger partial charge in [0.25, 0.3) is 0 Å². The van der Waals surface area contributed by atoms with E-state index in [1.165, 1.54) is 12.0 Å². The number of nitrogens with zero attached hydrogens (tertiary/aromatic N) is 1. The number of hydrogen-bond donors (Lipinski definition) is 2. The molecule has 4 heteroatoms. The molecule has 0 bridgehead atoms. The quantitative estimate of drug-likeness (QED) is 0.748. The maximum Gasteiger partial charge on any atom is 0.321 e. The molecular formula is C16H27N3O. The number of rotatable bonds is 7. The van der Waals surface area contributed by atoms with Crippen LogP contribution in [0.2, 0.25) is 0 Å². The first-order valence-corrected chi connectivity index (χ1v) is 7.37. The fourth-order valence-electron chi connectivity index (χ4n) is 1.97. The van der Waals surface area contributed by atoms with Gasteiger partial charge in [-0.15, -0.1) is 0 Å². The molecule has 112 valence electrons. The van der Waals surface area contributed by atoms with Gasteiger partial charge >= 0.3 is 6.03 Å². The Bertz CT molecular complexity index is 420. The summed E-state index contributed by atoms with van der Waals surface area (Å²) in [5.41, 5.74) is 2.01. The number of carbonyl (C=O) groups is 1. The van der Waals surface area contributed by atoms with Crippen molar-refractivity contribution in [3.8, 4) is 0 Å². The summed E-state index contributed by atoms with van der Waals surface area (Å²) in [5, 5.41) is 6.14. The normalized spacial score (nSPS) is 12.0. The molecule has 0 spiro atoms. The lowest BCUT2D eigenvalue weighted by molar-refractivity contribution is 0.221. The van der Waals surface area contributed by atoms with Gasteiger partial charge in [-0.3, -0.25) is 0 Å². The summed E-state index contributed by atoms with van der Waals surface area (Å²) < 4.78 is 0. The molecule has 1 atom stereocenters. The van der Waals surface area contributed by atoms with Gasteiger partial charge in [0.05, 0.1) is 0 Å². The van der Waals surface area contributed by atoms with Gasteiger partial charge in [-0.25, -0.2) is 4.79 Å². The second-order valence-electron chi connectivity index (χ2n) is 5.19. The third kappa shape index (κ3) is 5.21. The van der Waals surface area contributed by atoms with E-state index in [1.807, 2.05) is 32.3 Å². The van der Waals surface area contributed by atoms with E-state index in [0.29, 0.717) is 0 Å². The number of urea groups is 1. The Morgan fingerprint density at radius 1 is 1.35 bits per heavy atom. The fourth-order valence-corrected chi connectivity index (χ4v) is 1.97. The maximum atomic E-state index is 12.1. The summed E-state index contributed by atoms with van der Waals surface area (Å²) in [6.07, 6.45) is 3.38. The monoisotopic (exact) mass is 277 g/mol. The van der Waals surface area contributed by atoms with Crippen molar-refractivity contribution in [3.05, 3.63) is 29.8 Å². The van der Waals surface area contributed by atoms with Crippen LogP contribution in [0.3, 0.4) is 0 Å². The lowest BCUT2D eigenvalue weighted by Gasteiger charge is -2.18. The number of anilines is 1. The summed E-state index contributed by atoms with van der Waals surface area (Å²) in [6, 6.07) is 8.18. The Hall–Kier alpha value is -1.55. The molecule has 2 N–H and O–H groups in total. The van der Waals surface area contributed by atoms with E-state index in [9.17, 15) is 4.79 Å². The van der Waals surface area contributed by atoms with Crippen LogP contribution in [0.4, 0.5) is 10.5 Å². The largest absolute Gasteiger partial charge is 0.328 e. The van der Waals surface area contributed by atoms with Crippen molar-refractivity contribution in [2.45, 2.75) is 39.2 Å².